The number of rotatable bonds is 7. The summed E-state index contributed by atoms with van der Waals surface area (Å²) in [4.78, 5) is 24.0. The Bertz CT molecular complexity index is 1330. The van der Waals surface area contributed by atoms with E-state index in [0.29, 0.717) is 28.9 Å². The number of hydrogen-bond donors (Lipinski definition) is 0. The van der Waals surface area contributed by atoms with Gasteiger partial charge in [-0.05, 0) is 48.7 Å². The molecular weight excluding hydrogens is 529 g/mol. The number of nitrogens with zero attached hydrogens (tertiary/aromatic N) is 4. The van der Waals surface area contributed by atoms with E-state index in [0.717, 1.165) is 37.9 Å². The first kappa shape index (κ1) is 27.1. The van der Waals surface area contributed by atoms with Crippen molar-refractivity contribution in [1.82, 2.24) is 9.80 Å². The number of thioether (sulfide) groups is 1. The van der Waals surface area contributed by atoms with E-state index in [1.807, 2.05) is 0 Å². The van der Waals surface area contributed by atoms with E-state index in [-0.39, 0.29) is 24.2 Å². The van der Waals surface area contributed by atoms with Crippen molar-refractivity contribution < 1.29 is 27.4 Å². The predicted octanol–water partition coefficient (Wildman–Crippen LogP) is 5.55. The monoisotopic (exact) mass is 558 g/mol. The van der Waals surface area contributed by atoms with Crippen LogP contribution in [-0.4, -0.2) is 66.3 Å². The Hall–Kier alpha value is -3.44. The van der Waals surface area contributed by atoms with Crippen LogP contribution in [0.3, 0.4) is 0 Å². The van der Waals surface area contributed by atoms with Crippen LogP contribution in [0, 0.1) is 13.8 Å². The molecule has 3 heterocycles. The molecule has 0 aromatic heterocycles. The number of halogens is 3. The fourth-order valence-corrected chi connectivity index (χ4v) is 5.79. The zero-order chi connectivity index (χ0) is 27.5. The standard InChI is InChI=1S/C28H29F3N4O3S/c1-18-4-3-5-19(2)25(18)34-11-9-33(10-12-34)16-35-27(36)22(32-28(35)39-13-8-21(29)26(30)31)14-20-6-7-23-24(15-20)38-17-37-23/h3-7,14-15H,8-13,16-17H2,1-2H3/b22-14+. The zero-order valence-electron chi connectivity index (χ0n) is 21.8. The molecule has 0 aliphatic carbocycles. The van der Waals surface area contributed by atoms with Crippen molar-refractivity contribution in [3.8, 4) is 11.5 Å². The third kappa shape index (κ3) is 6.09. The number of piperazine rings is 1. The Morgan fingerprint density at radius 3 is 2.46 bits per heavy atom. The summed E-state index contributed by atoms with van der Waals surface area (Å²) in [5, 5.41) is 0.372. The number of carbonyl (C=O) groups is 1. The third-order valence-corrected chi connectivity index (χ3v) is 7.82. The minimum atomic E-state index is -2.32. The molecule has 39 heavy (non-hydrogen) atoms. The average Bonchev–Trinajstić information content (AvgIpc) is 3.49. The highest BCUT2D eigenvalue weighted by molar-refractivity contribution is 8.13. The molecule has 2 aromatic rings. The maximum atomic E-state index is 13.4. The van der Waals surface area contributed by atoms with Crippen LogP contribution in [0.25, 0.3) is 6.08 Å². The predicted molar refractivity (Wildman–Crippen MR) is 147 cm³/mol. The Labute approximate surface area is 229 Å². The van der Waals surface area contributed by atoms with Gasteiger partial charge in [-0.2, -0.15) is 8.78 Å². The summed E-state index contributed by atoms with van der Waals surface area (Å²) in [6.07, 6.45) is -1.10. The van der Waals surface area contributed by atoms with Crippen LogP contribution in [0.1, 0.15) is 23.1 Å². The van der Waals surface area contributed by atoms with Gasteiger partial charge in [-0.25, -0.2) is 9.38 Å². The molecule has 2 aromatic carbocycles. The van der Waals surface area contributed by atoms with Crippen molar-refractivity contribution in [2.24, 2.45) is 4.99 Å². The van der Waals surface area contributed by atoms with E-state index in [1.165, 1.54) is 16.8 Å². The van der Waals surface area contributed by atoms with Gasteiger partial charge in [0.1, 0.15) is 5.70 Å². The summed E-state index contributed by atoms with van der Waals surface area (Å²) in [6.45, 7) is 7.75. The second-order valence-corrected chi connectivity index (χ2v) is 10.6. The van der Waals surface area contributed by atoms with Crippen LogP contribution in [0.2, 0.25) is 0 Å². The van der Waals surface area contributed by atoms with Gasteiger partial charge in [0, 0.05) is 44.0 Å². The number of hydrogen-bond acceptors (Lipinski definition) is 7. The lowest BCUT2D eigenvalue weighted by Crippen LogP contribution is -2.51. The number of aliphatic imine (C=N–C) groups is 1. The summed E-state index contributed by atoms with van der Waals surface area (Å²) < 4.78 is 49.3. The van der Waals surface area contributed by atoms with E-state index >= 15 is 0 Å². The SMILES string of the molecule is Cc1cccc(C)c1N1CCN(CN2C(=O)/C(=C\c3ccc4c(c3)OCO4)N=C2SCCC(F)=C(F)F)CC1. The van der Waals surface area contributed by atoms with Crippen LogP contribution in [0.5, 0.6) is 11.5 Å². The maximum absolute atomic E-state index is 13.4. The number of aryl methyl sites for hydroxylation is 2. The summed E-state index contributed by atoms with van der Waals surface area (Å²) >= 11 is 1.09. The molecule has 0 N–H and O–H groups in total. The van der Waals surface area contributed by atoms with E-state index in [9.17, 15) is 18.0 Å². The summed E-state index contributed by atoms with van der Waals surface area (Å²) in [5.74, 6) is -0.490. The molecule has 0 unspecified atom stereocenters. The molecule has 0 radical (unpaired) electrons. The number of fused-ring (bicyclic) bond motifs is 1. The third-order valence-electron chi connectivity index (χ3n) is 6.84. The molecular formula is C28H29F3N4O3S. The number of amides is 1. The first-order valence-electron chi connectivity index (χ1n) is 12.7. The van der Waals surface area contributed by atoms with Gasteiger partial charge in [0.05, 0.1) is 6.67 Å². The van der Waals surface area contributed by atoms with E-state index < -0.39 is 18.3 Å². The van der Waals surface area contributed by atoms with Gasteiger partial charge < -0.3 is 14.4 Å². The highest BCUT2D eigenvalue weighted by atomic mass is 32.2. The number of para-hydroxylation sites is 1. The second kappa shape index (κ2) is 11.7. The molecule has 1 amide bonds. The van der Waals surface area contributed by atoms with Crippen molar-refractivity contribution in [3.63, 3.8) is 0 Å². The minimum Gasteiger partial charge on any atom is -0.454 e. The van der Waals surface area contributed by atoms with Gasteiger partial charge in [0.2, 0.25) is 6.79 Å². The van der Waals surface area contributed by atoms with E-state index in [1.54, 1.807) is 29.2 Å². The van der Waals surface area contributed by atoms with E-state index in [2.05, 4.69) is 46.8 Å². The fraction of sp³-hybridized carbons (Fsp3) is 0.357. The number of benzene rings is 2. The number of ether oxygens (including phenoxy) is 2. The smallest absolute Gasteiger partial charge is 0.301 e. The summed E-state index contributed by atoms with van der Waals surface area (Å²) in [7, 11) is 0. The van der Waals surface area contributed by atoms with Gasteiger partial charge in [-0.1, -0.05) is 36.0 Å². The van der Waals surface area contributed by atoms with Gasteiger partial charge in [0.15, 0.2) is 22.5 Å². The van der Waals surface area contributed by atoms with Gasteiger partial charge in [-0.15, -0.1) is 0 Å². The number of amidine groups is 1. The quantitative estimate of drug-likeness (QED) is 0.416. The highest BCUT2D eigenvalue weighted by Gasteiger charge is 2.33. The number of anilines is 1. The maximum Gasteiger partial charge on any atom is 0.301 e. The highest BCUT2D eigenvalue weighted by Crippen LogP contribution is 2.34. The first-order valence-corrected chi connectivity index (χ1v) is 13.7. The normalized spacial score (nSPS) is 18.2. The number of carbonyl (C=O) groups excluding carboxylic acids is 1. The molecule has 5 rings (SSSR count). The van der Waals surface area contributed by atoms with Gasteiger partial charge in [0.25, 0.3) is 5.91 Å². The van der Waals surface area contributed by atoms with Crippen LogP contribution < -0.4 is 14.4 Å². The summed E-state index contributed by atoms with van der Waals surface area (Å²) in [5.41, 5.74) is 4.64. The molecule has 11 heteroatoms. The van der Waals surface area contributed by atoms with Crippen LogP contribution in [0.4, 0.5) is 18.9 Å². The summed E-state index contributed by atoms with van der Waals surface area (Å²) in [6, 6.07) is 11.6. The lowest BCUT2D eigenvalue weighted by atomic mass is 10.1. The zero-order valence-corrected chi connectivity index (χ0v) is 22.6. The molecule has 206 valence electrons. The van der Waals surface area contributed by atoms with Crippen LogP contribution in [0.15, 0.2) is 59.0 Å². The fourth-order valence-electron chi connectivity index (χ4n) is 4.87. The molecule has 0 bridgehead atoms. The molecule has 0 spiro atoms. The molecule has 3 aliphatic heterocycles. The Balaban J connectivity index is 1.30. The molecule has 7 nitrogen and oxygen atoms in total. The van der Waals surface area contributed by atoms with Gasteiger partial charge in [-0.3, -0.25) is 14.6 Å². The van der Waals surface area contributed by atoms with Crippen molar-refractivity contribution >= 4 is 34.6 Å². The Kier molecular flexibility index (Phi) is 8.18. The van der Waals surface area contributed by atoms with Crippen LogP contribution >= 0.6 is 11.8 Å². The second-order valence-electron chi connectivity index (χ2n) is 9.52. The van der Waals surface area contributed by atoms with Crippen molar-refractivity contribution in [3.05, 3.63) is 70.7 Å². The molecule has 0 saturated carbocycles. The van der Waals surface area contributed by atoms with Crippen molar-refractivity contribution in [1.29, 1.82) is 0 Å². The minimum absolute atomic E-state index is 0.0312. The van der Waals surface area contributed by atoms with Crippen LogP contribution in [-0.2, 0) is 4.79 Å². The average molecular weight is 559 g/mol. The van der Waals surface area contributed by atoms with Crippen molar-refractivity contribution in [2.45, 2.75) is 20.3 Å². The lowest BCUT2D eigenvalue weighted by molar-refractivity contribution is -0.124. The van der Waals surface area contributed by atoms with E-state index in [4.69, 9.17) is 9.47 Å². The topological polar surface area (TPSA) is 57.6 Å². The molecule has 1 saturated heterocycles. The Morgan fingerprint density at radius 1 is 1.03 bits per heavy atom. The molecule has 0 atom stereocenters. The first-order chi connectivity index (χ1) is 18.8. The molecule has 1 fully saturated rings. The van der Waals surface area contributed by atoms with Crippen molar-refractivity contribution in [2.75, 3.05) is 50.3 Å². The van der Waals surface area contributed by atoms with Gasteiger partial charge >= 0.3 is 6.08 Å². The molecule has 3 aliphatic rings. The lowest BCUT2D eigenvalue weighted by Gasteiger charge is -2.38. The largest absolute Gasteiger partial charge is 0.454 e. The number of allylic oxidation sites excluding steroid dienone is 1. The Morgan fingerprint density at radius 2 is 1.74 bits per heavy atom.